The predicted octanol–water partition coefficient (Wildman–Crippen LogP) is 4.24. The number of hydrogen-bond donors (Lipinski definition) is 2. The van der Waals surface area contributed by atoms with Crippen molar-refractivity contribution in [1.82, 2.24) is 20.5 Å². The van der Waals surface area contributed by atoms with Gasteiger partial charge in [-0.15, -0.1) is 35.3 Å². The fraction of sp³-hybridized carbons (Fsp3) is 0.565. The molecule has 172 valence electrons. The highest BCUT2D eigenvalue weighted by Gasteiger charge is 2.21. The van der Waals surface area contributed by atoms with E-state index in [0.717, 1.165) is 49.4 Å². The molecule has 2 atom stereocenters. The molecule has 1 fully saturated rings. The molecule has 8 heteroatoms. The number of ether oxygens (including phenoxy) is 1. The second kappa shape index (κ2) is 12.7. The molecule has 2 heterocycles. The zero-order chi connectivity index (χ0) is 21.5. The van der Waals surface area contributed by atoms with Crippen molar-refractivity contribution < 1.29 is 4.74 Å². The molecule has 6 nitrogen and oxygen atoms in total. The van der Waals surface area contributed by atoms with E-state index in [9.17, 15) is 0 Å². The number of aryl methyl sites for hydroxylation is 2. The Morgan fingerprint density at radius 1 is 1.13 bits per heavy atom. The first-order valence-corrected chi connectivity index (χ1v) is 11.6. The highest BCUT2D eigenvalue weighted by Crippen LogP contribution is 2.17. The number of hydrogen-bond acceptors (Lipinski definition) is 5. The van der Waals surface area contributed by atoms with E-state index in [1.807, 2.05) is 6.92 Å². The van der Waals surface area contributed by atoms with Gasteiger partial charge < -0.3 is 15.4 Å². The number of thiazole rings is 1. The largest absolute Gasteiger partial charge is 0.373 e. The maximum Gasteiger partial charge on any atom is 0.191 e. The van der Waals surface area contributed by atoms with E-state index >= 15 is 0 Å². The minimum Gasteiger partial charge on any atom is -0.373 e. The zero-order valence-electron chi connectivity index (χ0n) is 19.3. The summed E-state index contributed by atoms with van der Waals surface area (Å²) < 4.78 is 5.83. The summed E-state index contributed by atoms with van der Waals surface area (Å²) in [4.78, 5) is 13.0. The van der Waals surface area contributed by atoms with Crippen LogP contribution in [0.3, 0.4) is 0 Å². The molecule has 1 aliphatic rings. The van der Waals surface area contributed by atoms with Crippen molar-refractivity contribution in [2.24, 2.45) is 4.99 Å². The van der Waals surface area contributed by atoms with Gasteiger partial charge in [-0.3, -0.25) is 4.90 Å². The van der Waals surface area contributed by atoms with Crippen molar-refractivity contribution >= 4 is 41.3 Å². The number of guanidine groups is 1. The third-order valence-electron chi connectivity index (χ3n) is 5.10. The van der Waals surface area contributed by atoms with Gasteiger partial charge in [0.25, 0.3) is 0 Å². The van der Waals surface area contributed by atoms with Crippen molar-refractivity contribution in [2.45, 2.75) is 66.5 Å². The summed E-state index contributed by atoms with van der Waals surface area (Å²) in [6.07, 6.45) is 0.606. The Balaban J connectivity index is 0.00000341. The quantitative estimate of drug-likeness (QED) is 0.303. The number of rotatable bonds is 7. The number of halogens is 1. The molecule has 0 radical (unpaired) electrons. The van der Waals surface area contributed by atoms with E-state index in [1.54, 1.807) is 11.3 Å². The number of aliphatic imine (C=N–C) groups is 1. The summed E-state index contributed by atoms with van der Waals surface area (Å²) in [5.41, 5.74) is 3.65. The van der Waals surface area contributed by atoms with E-state index in [0.29, 0.717) is 18.8 Å². The zero-order valence-corrected chi connectivity index (χ0v) is 22.4. The van der Waals surface area contributed by atoms with Gasteiger partial charge in [0.15, 0.2) is 5.96 Å². The molecule has 2 N–H and O–H groups in total. The van der Waals surface area contributed by atoms with E-state index < -0.39 is 0 Å². The van der Waals surface area contributed by atoms with E-state index in [1.165, 1.54) is 16.0 Å². The lowest BCUT2D eigenvalue weighted by atomic mass is 10.1. The Labute approximate surface area is 207 Å². The van der Waals surface area contributed by atoms with Gasteiger partial charge in [0, 0.05) is 31.1 Å². The lowest BCUT2D eigenvalue weighted by molar-refractivity contribution is -0.0704. The van der Waals surface area contributed by atoms with Gasteiger partial charge >= 0.3 is 0 Å². The topological polar surface area (TPSA) is 61.8 Å². The Morgan fingerprint density at radius 3 is 2.35 bits per heavy atom. The van der Waals surface area contributed by atoms with E-state index in [-0.39, 0.29) is 24.0 Å². The summed E-state index contributed by atoms with van der Waals surface area (Å²) in [7, 11) is 0. The number of morpholine rings is 1. The summed E-state index contributed by atoms with van der Waals surface area (Å²) in [6, 6.07) is 8.82. The van der Waals surface area contributed by atoms with Crippen molar-refractivity contribution in [2.75, 3.05) is 19.6 Å². The van der Waals surface area contributed by atoms with Gasteiger partial charge in [-0.1, -0.05) is 24.3 Å². The van der Waals surface area contributed by atoms with Crippen LogP contribution in [0, 0.1) is 13.8 Å². The summed E-state index contributed by atoms with van der Waals surface area (Å²) in [5, 5.41) is 7.86. The highest BCUT2D eigenvalue weighted by molar-refractivity contribution is 14.0. The number of nitrogens with one attached hydrogen (secondary N) is 2. The molecule has 1 aromatic carbocycles. The molecule has 1 saturated heterocycles. The monoisotopic (exact) mass is 557 g/mol. The van der Waals surface area contributed by atoms with E-state index in [2.05, 4.69) is 72.5 Å². The number of nitrogens with zero attached hydrogens (tertiary/aromatic N) is 3. The van der Waals surface area contributed by atoms with Crippen molar-refractivity contribution in [3.8, 4) is 0 Å². The smallest absolute Gasteiger partial charge is 0.191 e. The average Bonchev–Trinajstić information content (AvgIpc) is 3.01. The molecule has 1 aromatic heterocycles. The molecule has 2 unspecified atom stereocenters. The molecular weight excluding hydrogens is 521 g/mol. The molecule has 0 spiro atoms. The number of benzene rings is 1. The average molecular weight is 558 g/mol. The molecular formula is C23H36IN5OS. The third kappa shape index (κ3) is 8.32. The number of aromatic nitrogens is 1. The third-order valence-corrected chi connectivity index (χ3v) is 6.18. The first-order valence-electron chi connectivity index (χ1n) is 10.8. The van der Waals surface area contributed by atoms with Gasteiger partial charge in [-0.05, 0) is 45.7 Å². The van der Waals surface area contributed by atoms with Crippen LogP contribution < -0.4 is 10.6 Å². The second-order valence-electron chi connectivity index (χ2n) is 8.06. The molecule has 2 aromatic rings. The van der Waals surface area contributed by atoms with Crippen LogP contribution in [0.2, 0.25) is 0 Å². The van der Waals surface area contributed by atoms with Gasteiger partial charge in [0.2, 0.25) is 0 Å². The first kappa shape index (κ1) is 26.0. The standard InChI is InChI=1S/C23H35N5OS.HI/c1-6-24-23(26-12-22-18(4)27-19(5)30-22)25-11-20-7-9-21(10-8-20)15-28-13-16(2)29-17(3)14-28;/h7-10,16-17H,6,11-15H2,1-5H3,(H2,24,25,26);1H. The van der Waals surface area contributed by atoms with Gasteiger partial charge in [-0.25, -0.2) is 9.98 Å². The molecule has 0 saturated carbocycles. The van der Waals surface area contributed by atoms with E-state index in [4.69, 9.17) is 9.73 Å². The summed E-state index contributed by atoms with van der Waals surface area (Å²) in [6.45, 7) is 15.7. The molecule has 0 bridgehead atoms. The van der Waals surface area contributed by atoms with Crippen molar-refractivity contribution in [1.29, 1.82) is 0 Å². The van der Waals surface area contributed by atoms with Crippen LogP contribution in [-0.2, 0) is 24.4 Å². The van der Waals surface area contributed by atoms with Crippen LogP contribution in [-0.4, -0.2) is 47.7 Å². The van der Waals surface area contributed by atoms with Crippen molar-refractivity contribution in [3.05, 3.63) is 51.0 Å². The highest BCUT2D eigenvalue weighted by atomic mass is 127. The van der Waals surface area contributed by atoms with Crippen LogP contribution in [0.5, 0.6) is 0 Å². The van der Waals surface area contributed by atoms with Crippen LogP contribution in [0.1, 0.15) is 47.5 Å². The minimum atomic E-state index is 0. The Hall–Kier alpha value is -1.23. The predicted molar refractivity (Wildman–Crippen MR) is 140 cm³/mol. The first-order chi connectivity index (χ1) is 14.4. The van der Waals surface area contributed by atoms with Crippen LogP contribution in [0.15, 0.2) is 29.3 Å². The fourth-order valence-electron chi connectivity index (χ4n) is 3.84. The maximum atomic E-state index is 5.83. The maximum absolute atomic E-state index is 5.83. The lowest BCUT2D eigenvalue weighted by Crippen LogP contribution is -2.44. The SMILES string of the molecule is CCNC(=NCc1ccc(CN2CC(C)OC(C)C2)cc1)NCc1sc(C)nc1C.I. The van der Waals surface area contributed by atoms with Gasteiger partial charge in [-0.2, -0.15) is 0 Å². The minimum absolute atomic E-state index is 0. The van der Waals surface area contributed by atoms with Crippen LogP contribution in [0.4, 0.5) is 0 Å². The Morgan fingerprint density at radius 2 is 1.77 bits per heavy atom. The summed E-state index contributed by atoms with van der Waals surface area (Å²) in [5.74, 6) is 0.836. The van der Waals surface area contributed by atoms with Crippen LogP contribution in [0.25, 0.3) is 0 Å². The molecule has 3 rings (SSSR count). The van der Waals surface area contributed by atoms with Crippen molar-refractivity contribution in [3.63, 3.8) is 0 Å². The van der Waals surface area contributed by atoms with Gasteiger partial charge in [0.05, 0.1) is 36.0 Å². The normalized spacial score (nSPS) is 19.7. The molecule has 0 aliphatic carbocycles. The van der Waals surface area contributed by atoms with Crippen LogP contribution >= 0.6 is 35.3 Å². The molecule has 1 aliphatic heterocycles. The second-order valence-corrected chi connectivity index (χ2v) is 9.35. The Bertz CT molecular complexity index is 829. The summed E-state index contributed by atoms with van der Waals surface area (Å²) >= 11 is 1.74. The molecule has 0 amide bonds. The fourth-order valence-corrected chi connectivity index (χ4v) is 4.71. The Kier molecular flexibility index (Phi) is 10.7. The molecule has 31 heavy (non-hydrogen) atoms. The lowest BCUT2D eigenvalue weighted by Gasteiger charge is -2.35. The van der Waals surface area contributed by atoms with Gasteiger partial charge in [0.1, 0.15) is 0 Å².